The fourth-order valence-electron chi connectivity index (χ4n) is 4.38. The SMILES string of the molecule is CN(C)CCCN1CC(C(=O)N2CCN(c3ccc4ccccc4n3)CC2)CC1=O. The topological polar surface area (TPSA) is 60.0 Å². The summed E-state index contributed by atoms with van der Waals surface area (Å²) in [4.78, 5) is 38.2. The zero-order valence-electron chi connectivity index (χ0n) is 18.0. The third kappa shape index (κ3) is 4.56. The second-order valence-electron chi connectivity index (χ2n) is 8.57. The molecule has 2 saturated heterocycles. The minimum Gasteiger partial charge on any atom is -0.353 e. The first-order valence-electron chi connectivity index (χ1n) is 10.8. The molecule has 4 rings (SSSR count). The first-order chi connectivity index (χ1) is 14.5. The molecular formula is C23H31N5O2. The monoisotopic (exact) mass is 409 g/mol. The van der Waals surface area contributed by atoms with Gasteiger partial charge in [-0.2, -0.15) is 0 Å². The molecule has 1 aromatic carbocycles. The molecule has 2 fully saturated rings. The number of hydrogen-bond donors (Lipinski definition) is 0. The number of benzene rings is 1. The predicted octanol–water partition coefficient (Wildman–Crippen LogP) is 1.68. The average molecular weight is 410 g/mol. The second kappa shape index (κ2) is 9.00. The van der Waals surface area contributed by atoms with Gasteiger partial charge < -0.3 is 19.6 Å². The van der Waals surface area contributed by atoms with Crippen LogP contribution in [0.15, 0.2) is 36.4 Å². The van der Waals surface area contributed by atoms with Gasteiger partial charge in [0.25, 0.3) is 0 Å². The Balaban J connectivity index is 1.30. The lowest BCUT2D eigenvalue weighted by Gasteiger charge is -2.36. The van der Waals surface area contributed by atoms with Gasteiger partial charge >= 0.3 is 0 Å². The number of aromatic nitrogens is 1. The van der Waals surface area contributed by atoms with E-state index in [-0.39, 0.29) is 17.7 Å². The highest BCUT2D eigenvalue weighted by molar-refractivity contribution is 5.89. The van der Waals surface area contributed by atoms with Crippen LogP contribution < -0.4 is 4.90 Å². The van der Waals surface area contributed by atoms with Crippen molar-refractivity contribution in [2.75, 3.05) is 64.8 Å². The minimum absolute atomic E-state index is 0.117. The van der Waals surface area contributed by atoms with Crippen LogP contribution in [0.2, 0.25) is 0 Å². The molecule has 2 amide bonds. The molecule has 160 valence electrons. The Morgan fingerprint density at radius 1 is 1.10 bits per heavy atom. The van der Waals surface area contributed by atoms with E-state index in [4.69, 9.17) is 4.98 Å². The third-order valence-corrected chi connectivity index (χ3v) is 6.10. The van der Waals surface area contributed by atoms with Gasteiger partial charge in [-0.25, -0.2) is 4.98 Å². The predicted molar refractivity (Wildman–Crippen MR) is 118 cm³/mol. The van der Waals surface area contributed by atoms with Gasteiger partial charge in [-0.3, -0.25) is 9.59 Å². The molecule has 7 heteroatoms. The lowest BCUT2D eigenvalue weighted by atomic mass is 10.1. The lowest BCUT2D eigenvalue weighted by molar-refractivity contribution is -0.136. The van der Waals surface area contributed by atoms with E-state index in [0.717, 1.165) is 49.3 Å². The van der Waals surface area contributed by atoms with Crippen LogP contribution in [0.1, 0.15) is 12.8 Å². The first kappa shape index (κ1) is 20.6. The van der Waals surface area contributed by atoms with Gasteiger partial charge in [0.2, 0.25) is 11.8 Å². The van der Waals surface area contributed by atoms with Crippen LogP contribution in [-0.2, 0) is 9.59 Å². The summed E-state index contributed by atoms with van der Waals surface area (Å²) in [5, 5.41) is 1.14. The van der Waals surface area contributed by atoms with Crippen molar-refractivity contribution in [3.8, 4) is 0 Å². The molecule has 2 aliphatic rings. The minimum atomic E-state index is -0.192. The highest BCUT2D eigenvalue weighted by Crippen LogP contribution is 2.23. The summed E-state index contributed by atoms with van der Waals surface area (Å²) < 4.78 is 0. The summed E-state index contributed by atoms with van der Waals surface area (Å²) in [5.41, 5.74) is 0.993. The van der Waals surface area contributed by atoms with Crippen LogP contribution in [-0.4, -0.2) is 91.4 Å². The summed E-state index contributed by atoms with van der Waals surface area (Å²) in [6, 6.07) is 12.3. The number of carbonyl (C=O) groups is 2. The molecule has 2 aromatic rings. The van der Waals surface area contributed by atoms with E-state index in [1.54, 1.807) is 0 Å². The molecule has 7 nitrogen and oxygen atoms in total. The fraction of sp³-hybridized carbons (Fsp3) is 0.522. The molecule has 0 bridgehead atoms. The van der Waals surface area contributed by atoms with E-state index in [0.29, 0.717) is 26.1 Å². The van der Waals surface area contributed by atoms with Gasteiger partial charge in [-0.05, 0) is 45.3 Å². The second-order valence-corrected chi connectivity index (χ2v) is 8.57. The van der Waals surface area contributed by atoms with Crippen molar-refractivity contribution in [3.05, 3.63) is 36.4 Å². The molecule has 3 heterocycles. The zero-order chi connectivity index (χ0) is 21.1. The molecule has 0 saturated carbocycles. The van der Waals surface area contributed by atoms with Crippen LogP contribution in [0.5, 0.6) is 0 Å². The van der Waals surface area contributed by atoms with Crippen LogP contribution in [0.3, 0.4) is 0 Å². The number of nitrogens with zero attached hydrogens (tertiary/aromatic N) is 5. The molecule has 0 aliphatic carbocycles. The summed E-state index contributed by atoms with van der Waals surface area (Å²) in [7, 11) is 4.07. The molecule has 0 radical (unpaired) electrons. The highest BCUT2D eigenvalue weighted by Gasteiger charge is 2.37. The van der Waals surface area contributed by atoms with Crippen LogP contribution in [0.4, 0.5) is 5.82 Å². The number of anilines is 1. The Morgan fingerprint density at radius 2 is 1.87 bits per heavy atom. The van der Waals surface area contributed by atoms with Crippen molar-refractivity contribution >= 4 is 28.5 Å². The van der Waals surface area contributed by atoms with Gasteiger partial charge in [-0.15, -0.1) is 0 Å². The third-order valence-electron chi connectivity index (χ3n) is 6.10. The standard InChI is InChI=1S/C23H31N5O2/c1-25(2)10-5-11-28-17-19(16-22(28)29)23(30)27-14-12-26(13-15-27)21-9-8-18-6-3-4-7-20(18)24-21/h3-4,6-9,19H,5,10-17H2,1-2H3. The van der Waals surface area contributed by atoms with Crippen molar-refractivity contribution in [1.82, 2.24) is 19.7 Å². The number of rotatable bonds is 6. The number of hydrogen-bond acceptors (Lipinski definition) is 5. The van der Waals surface area contributed by atoms with Crippen molar-refractivity contribution in [2.24, 2.45) is 5.92 Å². The maximum Gasteiger partial charge on any atom is 0.228 e. The quantitative estimate of drug-likeness (QED) is 0.727. The lowest BCUT2D eigenvalue weighted by Crippen LogP contribution is -2.51. The van der Waals surface area contributed by atoms with Gasteiger partial charge in [0.1, 0.15) is 5.82 Å². The molecule has 0 N–H and O–H groups in total. The number of fused-ring (bicyclic) bond motifs is 1. The van der Waals surface area contributed by atoms with Gasteiger partial charge in [0.05, 0.1) is 11.4 Å². The molecule has 0 spiro atoms. The van der Waals surface area contributed by atoms with Crippen LogP contribution in [0, 0.1) is 5.92 Å². The first-order valence-corrected chi connectivity index (χ1v) is 10.8. The molecule has 1 aromatic heterocycles. The van der Waals surface area contributed by atoms with Crippen molar-refractivity contribution in [3.63, 3.8) is 0 Å². The van der Waals surface area contributed by atoms with E-state index in [1.165, 1.54) is 0 Å². The Morgan fingerprint density at radius 3 is 2.63 bits per heavy atom. The van der Waals surface area contributed by atoms with Crippen LogP contribution in [0.25, 0.3) is 10.9 Å². The number of para-hydroxylation sites is 1. The summed E-state index contributed by atoms with van der Waals surface area (Å²) in [5.74, 6) is 1.02. The van der Waals surface area contributed by atoms with E-state index in [9.17, 15) is 9.59 Å². The number of amides is 2. The van der Waals surface area contributed by atoms with E-state index >= 15 is 0 Å². The van der Waals surface area contributed by atoms with Crippen molar-refractivity contribution in [1.29, 1.82) is 0 Å². The Hall–Kier alpha value is -2.67. The molecule has 30 heavy (non-hydrogen) atoms. The molecular weight excluding hydrogens is 378 g/mol. The maximum absolute atomic E-state index is 13.0. The van der Waals surface area contributed by atoms with Gasteiger partial charge in [0, 0.05) is 51.1 Å². The molecule has 1 atom stereocenters. The van der Waals surface area contributed by atoms with Gasteiger partial charge in [-0.1, -0.05) is 18.2 Å². The van der Waals surface area contributed by atoms with E-state index in [2.05, 4.69) is 28.0 Å². The number of carbonyl (C=O) groups excluding carboxylic acids is 2. The number of piperazine rings is 1. The van der Waals surface area contributed by atoms with E-state index < -0.39 is 0 Å². The van der Waals surface area contributed by atoms with Crippen molar-refractivity contribution < 1.29 is 9.59 Å². The zero-order valence-corrected chi connectivity index (χ0v) is 18.0. The molecule has 1 unspecified atom stereocenters. The largest absolute Gasteiger partial charge is 0.353 e. The summed E-state index contributed by atoms with van der Waals surface area (Å²) in [6.07, 6.45) is 1.30. The number of likely N-dealkylation sites (tertiary alicyclic amines) is 1. The normalized spacial score (nSPS) is 19.9. The Bertz CT molecular complexity index is 907. The Labute approximate surface area is 178 Å². The van der Waals surface area contributed by atoms with E-state index in [1.807, 2.05) is 42.1 Å². The average Bonchev–Trinajstić information content (AvgIpc) is 3.13. The summed E-state index contributed by atoms with van der Waals surface area (Å²) >= 11 is 0. The smallest absolute Gasteiger partial charge is 0.228 e. The highest BCUT2D eigenvalue weighted by atomic mass is 16.2. The molecule has 2 aliphatic heterocycles. The maximum atomic E-state index is 13.0. The van der Waals surface area contributed by atoms with Gasteiger partial charge in [0.15, 0.2) is 0 Å². The van der Waals surface area contributed by atoms with Crippen molar-refractivity contribution in [2.45, 2.75) is 12.8 Å². The van der Waals surface area contributed by atoms with Crippen LogP contribution >= 0.6 is 0 Å². The number of pyridine rings is 1. The summed E-state index contributed by atoms with van der Waals surface area (Å²) in [6.45, 7) is 5.15. The fourth-order valence-corrected chi connectivity index (χ4v) is 4.38. The Kier molecular flexibility index (Phi) is 6.18.